The SMILES string of the molecule is CC[NH+]1CCN(c2ccc(NC(=O)c3cccnc3)cc2Cl)CC1. The maximum atomic E-state index is 12.2. The summed E-state index contributed by atoms with van der Waals surface area (Å²) in [6.45, 7) is 7.66. The second kappa shape index (κ2) is 7.64. The van der Waals surface area contributed by atoms with Crippen molar-refractivity contribution < 1.29 is 9.69 Å². The van der Waals surface area contributed by atoms with Gasteiger partial charge in [0.2, 0.25) is 0 Å². The number of nitrogens with zero attached hydrogens (tertiary/aromatic N) is 2. The van der Waals surface area contributed by atoms with Gasteiger partial charge in [0.05, 0.1) is 49.0 Å². The predicted molar refractivity (Wildman–Crippen MR) is 97.1 cm³/mol. The summed E-state index contributed by atoms with van der Waals surface area (Å²) >= 11 is 6.45. The van der Waals surface area contributed by atoms with Crippen LogP contribution in [-0.2, 0) is 0 Å². The van der Waals surface area contributed by atoms with E-state index in [2.05, 4.69) is 22.1 Å². The van der Waals surface area contributed by atoms with Crippen LogP contribution in [-0.4, -0.2) is 43.6 Å². The second-order valence-corrected chi connectivity index (χ2v) is 6.36. The van der Waals surface area contributed by atoms with Crippen molar-refractivity contribution >= 4 is 28.9 Å². The van der Waals surface area contributed by atoms with Crippen LogP contribution in [0.15, 0.2) is 42.7 Å². The molecule has 0 spiro atoms. The normalized spacial score (nSPS) is 15.3. The molecule has 6 heteroatoms. The molecule has 1 aromatic heterocycles. The second-order valence-electron chi connectivity index (χ2n) is 5.95. The van der Waals surface area contributed by atoms with Crippen LogP contribution in [0.2, 0.25) is 5.02 Å². The van der Waals surface area contributed by atoms with Crippen LogP contribution in [0.4, 0.5) is 11.4 Å². The number of hydrogen-bond donors (Lipinski definition) is 2. The molecule has 1 aliphatic heterocycles. The highest BCUT2D eigenvalue weighted by molar-refractivity contribution is 6.33. The van der Waals surface area contributed by atoms with Crippen molar-refractivity contribution in [1.29, 1.82) is 0 Å². The Hall–Kier alpha value is -2.11. The first kappa shape index (κ1) is 16.7. The van der Waals surface area contributed by atoms with Gasteiger partial charge in [0.15, 0.2) is 0 Å². The lowest BCUT2D eigenvalue weighted by Crippen LogP contribution is -3.14. The van der Waals surface area contributed by atoms with Crippen LogP contribution in [0, 0.1) is 0 Å². The number of rotatable bonds is 4. The van der Waals surface area contributed by atoms with Gasteiger partial charge in [-0.1, -0.05) is 11.6 Å². The minimum absolute atomic E-state index is 0.188. The summed E-state index contributed by atoms with van der Waals surface area (Å²) in [5, 5.41) is 3.53. The van der Waals surface area contributed by atoms with Gasteiger partial charge in [-0.2, -0.15) is 0 Å². The van der Waals surface area contributed by atoms with Crippen molar-refractivity contribution in [2.75, 3.05) is 42.9 Å². The monoisotopic (exact) mass is 345 g/mol. The Kier molecular flexibility index (Phi) is 5.33. The Balaban J connectivity index is 1.68. The Morgan fingerprint density at radius 1 is 1.33 bits per heavy atom. The number of pyridine rings is 1. The summed E-state index contributed by atoms with van der Waals surface area (Å²) < 4.78 is 0. The van der Waals surface area contributed by atoms with Crippen LogP contribution in [0.25, 0.3) is 0 Å². The Bertz CT molecular complexity index is 699. The van der Waals surface area contributed by atoms with E-state index in [0.717, 1.165) is 31.9 Å². The molecule has 1 aliphatic rings. The Morgan fingerprint density at radius 3 is 2.75 bits per heavy atom. The first-order valence-corrected chi connectivity index (χ1v) is 8.64. The smallest absolute Gasteiger partial charge is 0.257 e. The van der Waals surface area contributed by atoms with E-state index in [1.54, 1.807) is 29.4 Å². The van der Waals surface area contributed by atoms with E-state index in [9.17, 15) is 4.79 Å². The number of anilines is 2. The zero-order valence-corrected chi connectivity index (χ0v) is 14.5. The molecule has 5 nitrogen and oxygen atoms in total. The summed E-state index contributed by atoms with van der Waals surface area (Å²) in [5.41, 5.74) is 2.25. The minimum atomic E-state index is -0.188. The third-order valence-corrected chi connectivity index (χ3v) is 4.74. The number of hydrogen-bond acceptors (Lipinski definition) is 3. The maximum absolute atomic E-state index is 12.2. The molecule has 2 heterocycles. The molecule has 0 bridgehead atoms. The molecule has 1 aromatic carbocycles. The summed E-state index contributed by atoms with van der Waals surface area (Å²) in [4.78, 5) is 20.1. The van der Waals surface area contributed by atoms with Gasteiger partial charge in [-0.05, 0) is 37.3 Å². The zero-order valence-electron chi connectivity index (χ0n) is 13.8. The van der Waals surface area contributed by atoms with E-state index in [-0.39, 0.29) is 5.91 Å². The van der Waals surface area contributed by atoms with Crippen LogP contribution in [0.5, 0.6) is 0 Å². The summed E-state index contributed by atoms with van der Waals surface area (Å²) in [6.07, 6.45) is 3.18. The van der Waals surface area contributed by atoms with Crippen molar-refractivity contribution in [2.45, 2.75) is 6.92 Å². The number of piperazine rings is 1. The van der Waals surface area contributed by atoms with Gasteiger partial charge in [-0.15, -0.1) is 0 Å². The van der Waals surface area contributed by atoms with Crippen LogP contribution >= 0.6 is 11.6 Å². The summed E-state index contributed by atoms with van der Waals surface area (Å²) in [6, 6.07) is 9.16. The molecular weight excluding hydrogens is 324 g/mol. The number of benzene rings is 1. The largest absolute Gasteiger partial charge is 0.359 e. The van der Waals surface area contributed by atoms with E-state index in [0.29, 0.717) is 16.3 Å². The predicted octanol–water partition coefficient (Wildman–Crippen LogP) is 1.71. The third kappa shape index (κ3) is 3.86. The maximum Gasteiger partial charge on any atom is 0.257 e. The van der Waals surface area contributed by atoms with E-state index in [1.807, 2.05) is 18.2 Å². The van der Waals surface area contributed by atoms with E-state index in [4.69, 9.17) is 11.6 Å². The molecule has 1 fully saturated rings. The molecular formula is C18H22ClN4O+. The highest BCUT2D eigenvalue weighted by Gasteiger charge is 2.20. The molecule has 0 saturated carbocycles. The lowest BCUT2D eigenvalue weighted by molar-refractivity contribution is -0.898. The fourth-order valence-electron chi connectivity index (χ4n) is 2.96. The van der Waals surface area contributed by atoms with Gasteiger partial charge in [0.25, 0.3) is 5.91 Å². The van der Waals surface area contributed by atoms with Crippen molar-refractivity contribution in [2.24, 2.45) is 0 Å². The zero-order chi connectivity index (χ0) is 16.9. The van der Waals surface area contributed by atoms with Crippen LogP contribution in [0.1, 0.15) is 17.3 Å². The molecule has 2 N–H and O–H groups in total. The number of amides is 1. The molecule has 0 radical (unpaired) electrons. The quantitative estimate of drug-likeness (QED) is 0.887. The summed E-state index contributed by atoms with van der Waals surface area (Å²) in [5.74, 6) is -0.188. The number of halogens is 1. The highest BCUT2D eigenvalue weighted by atomic mass is 35.5. The number of quaternary nitrogens is 1. The van der Waals surface area contributed by atoms with Crippen molar-refractivity contribution in [3.05, 3.63) is 53.3 Å². The molecule has 1 saturated heterocycles. The van der Waals surface area contributed by atoms with E-state index < -0.39 is 0 Å². The lowest BCUT2D eigenvalue weighted by Gasteiger charge is -2.33. The van der Waals surface area contributed by atoms with E-state index in [1.165, 1.54) is 6.54 Å². The van der Waals surface area contributed by atoms with Crippen molar-refractivity contribution in [1.82, 2.24) is 4.98 Å². The molecule has 0 unspecified atom stereocenters. The highest BCUT2D eigenvalue weighted by Crippen LogP contribution is 2.29. The number of nitrogens with one attached hydrogen (secondary N) is 2. The molecule has 2 aromatic rings. The standard InChI is InChI=1S/C18H21ClN4O/c1-2-22-8-10-23(11-9-22)17-6-5-15(12-16(17)19)21-18(24)14-4-3-7-20-13-14/h3-7,12-13H,2,8-11H2,1H3,(H,21,24)/p+1. The van der Waals surface area contributed by atoms with Gasteiger partial charge in [0.1, 0.15) is 0 Å². The molecule has 24 heavy (non-hydrogen) atoms. The minimum Gasteiger partial charge on any atom is -0.359 e. The molecule has 126 valence electrons. The van der Waals surface area contributed by atoms with Gasteiger partial charge in [0, 0.05) is 18.1 Å². The number of carbonyl (C=O) groups excluding carboxylic acids is 1. The summed E-state index contributed by atoms with van der Waals surface area (Å²) in [7, 11) is 0. The molecule has 0 aliphatic carbocycles. The first-order valence-electron chi connectivity index (χ1n) is 8.27. The number of likely N-dealkylation sites (N-methyl/N-ethyl adjacent to an activating group) is 1. The van der Waals surface area contributed by atoms with Gasteiger partial charge in [-0.25, -0.2) is 0 Å². The Morgan fingerprint density at radius 2 is 2.12 bits per heavy atom. The number of aromatic nitrogens is 1. The van der Waals surface area contributed by atoms with Gasteiger partial charge < -0.3 is 15.1 Å². The van der Waals surface area contributed by atoms with Gasteiger partial charge >= 0.3 is 0 Å². The molecule has 0 atom stereocenters. The number of carbonyl (C=O) groups is 1. The fourth-order valence-corrected chi connectivity index (χ4v) is 3.26. The van der Waals surface area contributed by atoms with Crippen LogP contribution in [0.3, 0.4) is 0 Å². The van der Waals surface area contributed by atoms with Crippen LogP contribution < -0.4 is 15.1 Å². The lowest BCUT2D eigenvalue weighted by atomic mass is 10.2. The van der Waals surface area contributed by atoms with Crippen molar-refractivity contribution in [3.63, 3.8) is 0 Å². The van der Waals surface area contributed by atoms with Gasteiger partial charge in [-0.3, -0.25) is 9.78 Å². The first-order chi connectivity index (χ1) is 11.7. The van der Waals surface area contributed by atoms with Crippen molar-refractivity contribution in [3.8, 4) is 0 Å². The molecule has 3 rings (SSSR count). The average molecular weight is 346 g/mol. The third-order valence-electron chi connectivity index (χ3n) is 4.44. The Labute approximate surface area is 147 Å². The topological polar surface area (TPSA) is 49.7 Å². The fraction of sp³-hybridized carbons (Fsp3) is 0.333. The average Bonchev–Trinajstić information content (AvgIpc) is 2.63. The molecule has 1 amide bonds. The van der Waals surface area contributed by atoms with E-state index >= 15 is 0 Å².